The maximum absolute atomic E-state index is 10.7. The second-order valence-electron chi connectivity index (χ2n) is 3.28. The van der Waals surface area contributed by atoms with Gasteiger partial charge in [0.2, 0.25) is 5.91 Å². The van der Waals surface area contributed by atoms with Crippen LogP contribution in [0.2, 0.25) is 0 Å². The first-order chi connectivity index (χ1) is 7.43. The van der Waals surface area contributed by atoms with Crippen molar-refractivity contribution < 1.29 is 15.0 Å². The number of carbonyl (C=O) groups excluding carboxylic acids is 1. The van der Waals surface area contributed by atoms with Gasteiger partial charge in [-0.2, -0.15) is 0 Å². The molecule has 1 aromatic rings. The fourth-order valence-electron chi connectivity index (χ4n) is 1.18. The summed E-state index contributed by atoms with van der Waals surface area (Å²) < 4.78 is 0. The molecule has 6 N–H and O–H groups in total. The molecular weight excluding hydrogens is 228 g/mol. The first-order valence-corrected chi connectivity index (χ1v) is 4.89. The summed E-state index contributed by atoms with van der Waals surface area (Å²) in [5.74, 6) is -0.981. The van der Waals surface area contributed by atoms with Crippen LogP contribution in [0.1, 0.15) is 17.2 Å². The Hall–Kier alpha value is -1.50. The molecule has 1 rings (SSSR count). The van der Waals surface area contributed by atoms with E-state index in [4.69, 9.17) is 23.7 Å². The molecule has 1 amide bonds. The highest BCUT2D eigenvalue weighted by Gasteiger charge is 2.23. The molecule has 5 nitrogen and oxygen atoms in total. The highest BCUT2D eigenvalue weighted by molar-refractivity contribution is 7.80. The smallest absolute Gasteiger partial charge is 0.249 e. The zero-order valence-corrected chi connectivity index (χ0v) is 9.15. The van der Waals surface area contributed by atoms with Gasteiger partial charge >= 0.3 is 0 Å². The van der Waals surface area contributed by atoms with Crippen LogP contribution in [-0.4, -0.2) is 27.2 Å². The molecule has 6 heteroatoms. The van der Waals surface area contributed by atoms with Gasteiger partial charge in [-0.05, 0) is 5.56 Å². The van der Waals surface area contributed by atoms with Gasteiger partial charge in [-0.25, -0.2) is 0 Å². The van der Waals surface area contributed by atoms with E-state index in [9.17, 15) is 15.0 Å². The summed E-state index contributed by atoms with van der Waals surface area (Å²) in [7, 11) is 0. The molecular formula is C10H12N2O3S. The monoisotopic (exact) mass is 240 g/mol. The number of thiocarbonyl (C=S) groups is 1. The summed E-state index contributed by atoms with van der Waals surface area (Å²) in [6, 6.07) is 6.22. The topological polar surface area (TPSA) is 110 Å². The van der Waals surface area contributed by atoms with Gasteiger partial charge in [-0.1, -0.05) is 36.5 Å². The number of primary amides is 1. The molecule has 0 aromatic heterocycles. The predicted molar refractivity (Wildman–Crippen MR) is 62.5 cm³/mol. The SMILES string of the molecule is NC(=O)C(O)C(O)c1ccc(C(N)=S)cc1. The van der Waals surface area contributed by atoms with Gasteiger partial charge in [0, 0.05) is 5.56 Å². The van der Waals surface area contributed by atoms with Gasteiger partial charge in [0.1, 0.15) is 11.1 Å². The first-order valence-electron chi connectivity index (χ1n) is 4.48. The average molecular weight is 240 g/mol. The van der Waals surface area contributed by atoms with Crippen molar-refractivity contribution in [2.75, 3.05) is 0 Å². The molecule has 1 aromatic carbocycles. The lowest BCUT2D eigenvalue weighted by atomic mass is 10.0. The molecule has 0 aliphatic rings. The molecule has 0 aliphatic heterocycles. The maximum Gasteiger partial charge on any atom is 0.249 e. The van der Waals surface area contributed by atoms with Gasteiger partial charge in [0.25, 0.3) is 0 Å². The number of aliphatic hydroxyl groups is 2. The fourth-order valence-corrected chi connectivity index (χ4v) is 1.32. The number of amides is 1. The summed E-state index contributed by atoms with van der Waals surface area (Å²) in [4.78, 5) is 10.9. The molecule has 0 radical (unpaired) electrons. The summed E-state index contributed by atoms with van der Waals surface area (Å²) in [6.45, 7) is 0. The van der Waals surface area contributed by atoms with Crippen LogP contribution in [-0.2, 0) is 4.79 Å². The third-order valence-corrected chi connectivity index (χ3v) is 2.36. The van der Waals surface area contributed by atoms with Crippen LogP contribution in [0.15, 0.2) is 24.3 Å². The fraction of sp³-hybridized carbons (Fsp3) is 0.200. The zero-order chi connectivity index (χ0) is 12.3. The van der Waals surface area contributed by atoms with E-state index < -0.39 is 18.1 Å². The van der Waals surface area contributed by atoms with Crippen molar-refractivity contribution in [2.24, 2.45) is 11.5 Å². The van der Waals surface area contributed by atoms with Crippen molar-refractivity contribution in [3.05, 3.63) is 35.4 Å². The van der Waals surface area contributed by atoms with Crippen molar-refractivity contribution >= 4 is 23.1 Å². The Morgan fingerprint density at radius 2 is 1.69 bits per heavy atom. The molecule has 2 atom stereocenters. The Bertz CT molecular complexity index is 405. The van der Waals surface area contributed by atoms with Crippen LogP contribution >= 0.6 is 12.2 Å². The lowest BCUT2D eigenvalue weighted by Gasteiger charge is -2.15. The highest BCUT2D eigenvalue weighted by Crippen LogP contribution is 2.17. The number of benzene rings is 1. The molecule has 86 valence electrons. The Balaban J connectivity index is 2.89. The van der Waals surface area contributed by atoms with E-state index in [1.54, 1.807) is 12.1 Å². The van der Waals surface area contributed by atoms with E-state index >= 15 is 0 Å². The number of hydrogen-bond donors (Lipinski definition) is 4. The van der Waals surface area contributed by atoms with E-state index in [1.807, 2.05) is 0 Å². The van der Waals surface area contributed by atoms with Crippen molar-refractivity contribution in [2.45, 2.75) is 12.2 Å². The van der Waals surface area contributed by atoms with Crippen molar-refractivity contribution in [3.8, 4) is 0 Å². The van der Waals surface area contributed by atoms with Gasteiger partial charge < -0.3 is 21.7 Å². The molecule has 2 unspecified atom stereocenters. The van der Waals surface area contributed by atoms with Crippen molar-refractivity contribution in [3.63, 3.8) is 0 Å². The molecule has 16 heavy (non-hydrogen) atoms. The average Bonchev–Trinajstić information content (AvgIpc) is 2.27. The summed E-state index contributed by atoms with van der Waals surface area (Å²) in [6.07, 6.45) is -2.98. The van der Waals surface area contributed by atoms with Gasteiger partial charge in [-0.3, -0.25) is 4.79 Å². The van der Waals surface area contributed by atoms with Crippen LogP contribution in [0, 0.1) is 0 Å². The van der Waals surface area contributed by atoms with Crippen LogP contribution in [0.3, 0.4) is 0 Å². The number of rotatable bonds is 4. The van der Waals surface area contributed by atoms with Gasteiger partial charge in [-0.15, -0.1) is 0 Å². The first kappa shape index (κ1) is 12.6. The highest BCUT2D eigenvalue weighted by atomic mass is 32.1. The molecule has 0 saturated carbocycles. The van der Waals surface area contributed by atoms with E-state index in [0.29, 0.717) is 11.1 Å². The van der Waals surface area contributed by atoms with Crippen LogP contribution < -0.4 is 11.5 Å². The van der Waals surface area contributed by atoms with Crippen LogP contribution in [0.25, 0.3) is 0 Å². The summed E-state index contributed by atoms with van der Waals surface area (Å²) >= 11 is 4.76. The summed E-state index contributed by atoms with van der Waals surface area (Å²) in [5.41, 5.74) is 11.3. The second kappa shape index (κ2) is 5.02. The van der Waals surface area contributed by atoms with E-state index in [1.165, 1.54) is 12.1 Å². The largest absolute Gasteiger partial charge is 0.389 e. The standard InChI is InChI=1S/C10H12N2O3S/c11-9(15)8(14)7(13)5-1-3-6(4-2-5)10(12)16/h1-4,7-8,13-14H,(H2,11,15)(H2,12,16). The third kappa shape index (κ3) is 2.75. The van der Waals surface area contributed by atoms with E-state index in [2.05, 4.69) is 0 Å². The number of hydrogen-bond acceptors (Lipinski definition) is 4. The second-order valence-corrected chi connectivity index (χ2v) is 3.72. The van der Waals surface area contributed by atoms with Crippen molar-refractivity contribution in [1.29, 1.82) is 0 Å². The molecule has 0 aliphatic carbocycles. The maximum atomic E-state index is 10.7. The lowest BCUT2D eigenvalue weighted by Crippen LogP contribution is -2.33. The molecule has 0 saturated heterocycles. The Labute approximate surface area is 97.7 Å². The predicted octanol–water partition coefficient (Wildman–Crippen LogP) is -0.800. The minimum atomic E-state index is -1.63. The van der Waals surface area contributed by atoms with Crippen LogP contribution in [0.4, 0.5) is 0 Å². The third-order valence-electron chi connectivity index (χ3n) is 2.13. The normalized spacial score (nSPS) is 14.1. The quantitative estimate of drug-likeness (QED) is 0.515. The number of nitrogens with two attached hydrogens (primary N) is 2. The Kier molecular flexibility index (Phi) is 3.94. The molecule has 0 heterocycles. The minimum absolute atomic E-state index is 0.233. The van der Waals surface area contributed by atoms with Crippen LogP contribution in [0.5, 0.6) is 0 Å². The van der Waals surface area contributed by atoms with Gasteiger partial charge in [0.15, 0.2) is 6.10 Å². The number of aliphatic hydroxyl groups excluding tert-OH is 2. The van der Waals surface area contributed by atoms with E-state index in [-0.39, 0.29) is 4.99 Å². The molecule has 0 spiro atoms. The van der Waals surface area contributed by atoms with Gasteiger partial charge in [0.05, 0.1) is 0 Å². The Morgan fingerprint density at radius 3 is 2.06 bits per heavy atom. The summed E-state index contributed by atoms with van der Waals surface area (Å²) in [5, 5.41) is 18.8. The van der Waals surface area contributed by atoms with Crippen molar-refractivity contribution in [1.82, 2.24) is 0 Å². The zero-order valence-electron chi connectivity index (χ0n) is 8.33. The minimum Gasteiger partial charge on any atom is -0.389 e. The molecule has 0 bridgehead atoms. The molecule has 0 fully saturated rings. The lowest BCUT2D eigenvalue weighted by molar-refractivity contribution is -0.131. The number of carbonyl (C=O) groups is 1. The van der Waals surface area contributed by atoms with E-state index in [0.717, 1.165) is 0 Å². The Morgan fingerprint density at radius 1 is 1.19 bits per heavy atom.